The van der Waals surface area contributed by atoms with Gasteiger partial charge in [0.15, 0.2) is 0 Å². The van der Waals surface area contributed by atoms with Crippen molar-refractivity contribution in [1.82, 2.24) is 10.6 Å². The molecule has 0 spiro atoms. The van der Waals surface area contributed by atoms with E-state index in [9.17, 15) is 4.79 Å². The summed E-state index contributed by atoms with van der Waals surface area (Å²) in [6, 6.07) is 0. The fraction of sp³-hybridized carbons (Fsp3) is 0.921. The zero-order chi connectivity index (χ0) is 30.7. The van der Waals surface area contributed by atoms with E-state index in [1.165, 1.54) is 77.0 Å². The Morgan fingerprint density at radius 1 is 0.930 bits per heavy atom. The first kappa shape index (κ1) is 35.0. The third kappa shape index (κ3) is 8.88. The van der Waals surface area contributed by atoms with Crippen LogP contribution in [0, 0.1) is 46.3 Å². The molecule has 43 heavy (non-hydrogen) atoms. The van der Waals surface area contributed by atoms with Crippen molar-refractivity contribution in [3.8, 4) is 0 Å². The summed E-state index contributed by atoms with van der Waals surface area (Å²) in [5.41, 5.74) is 6.54. The lowest BCUT2D eigenvalue weighted by atomic mass is 9.44. The summed E-state index contributed by atoms with van der Waals surface area (Å²) in [4.78, 5) is 12.6. The van der Waals surface area contributed by atoms with Crippen molar-refractivity contribution >= 4 is 5.91 Å². The van der Waals surface area contributed by atoms with Crippen LogP contribution >= 0.6 is 0 Å². The lowest BCUT2D eigenvalue weighted by Crippen LogP contribution is -2.54. The minimum atomic E-state index is 0.247. The molecule has 0 bridgehead atoms. The van der Waals surface area contributed by atoms with Crippen LogP contribution in [0.3, 0.4) is 0 Å². The van der Waals surface area contributed by atoms with E-state index in [0.717, 1.165) is 88.1 Å². The number of carbonyl (C=O) groups is 1. The van der Waals surface area contributed by atoms with Gasteiger partial charge in [0.05, 0.1) is 12.7 Å². The van der Waals surface area contributed by atoms with Crippen LogP contribution in [0.15, 0.2) is 12.2 Å². The molecule has 0 unspecified atom stereocenters. The summed E-state index contributed by atoms with van der Waals surface area (Å²) in [5.74, 6) is 5.24. The van der Waals surface area contributed by atoms with E-state index in [0.29, 0.717) is 29.3 Å². The molecule has 0 saturated heterocycles. The van der Waals surface area contributed by atoms with Crippen LogP contribution in [-0.4, -0.2) is 44.8 Å². The highest BCUT2D eigenvalue weighted by molar-refractivity contribution is 5.75. The van der Waals surface area contributed by atoms with Crippen LogP contribution in [0.2, 0.25) is 0 Å². The van der Waals surface area contributed by atoms with Gasteiger partial charge in [-0.3, -0.25) is 4.79 Å². The quantitative estimate of drug-likeness (QED) is 0.110. The Morgan fingerprint density at radius 2 is 1.72 bits per heavy atom. The van der Waals surface area contributed by atoms with Gasteiger partial charge in [-0.1, -0.05) is 52.7 Å². The van der Waals surface area contributed by atoms with Gasteiger partial charge in [0.1, 0.15) is 0 Å². The molecule has 4 N–H and O–H groups in total. The molecule has 0 heterocycles. The van der Waals surface area contributed by atoms with E-state index in [4.69, 9.17) is 10.5 Å². The summed E-state index contributed by atoms with van der Waals surface area (Å²) in [6.07, 6.45) is 26.2. The van der Waals surface area contributed by atoms with Crippen molar-refractivity contribution < 1.29 is 9.53 Å². The number of hydrogen-bond acceptors (Lipinski definition) is 4. The molecule has 5 heteroatoms. The van der Waals surface area contributed by atoms with E-state index in [2.05, 4.69) is 50.5 Å². The fourth-order valence-electron chi connectivity index (χ4n) is 10.7. The van der Waals surface area contributed by atoms with Crippen LogP contribution in [-0.2, 0) is 9.53 Å². The molecule has 0 aliphatic heterocycles. The van der Waals surface area contributed by atoms with Crippen molar-refractivity contribution in [2.45, 2.75) is 143 Å². The summed E-state index contributed by atoms with van der Waals surface area (Å²) < 4.78 is 6.39. The standard InChI is InChI=1S/C38H69N3O2/c1-5-6-7-8-11-27-43-31-19-21-37(3)30(28-31)14-15-32-34-17-16-33(38(34,4)22-20-35(32)37)29(2)13-18-36(42)41-26-12-25-40-24-10-9-23-39/h8,11,29-35,40H,5-7,9-10,12-28,39H2,1-4H3,(H,41,42)/b11-8+/t29-,30-,31+,32+,33-,34+,35+,37+,38-/m1/s1. The second-order valence-corrected chi connectivity index (χ2v) is 15.7. The number of amides is 1. The zero-order valence-electron chi connectivity index (χ0n) is 28.6. The molecule has 248 valence electrons. The van der Waals surface area contributed by atoms with Crippen molar-refractivity contribution in [2.24, 2.45) is 52.1 Å². The first-order valence-corrected chi connectivity index (χ1v) is 18.8. The second kappa shape index (κ2) is 17.1. The highest BCUT2D eigenvalue weighted by atomic mass is 16.5. The zero-order valence-corrected chi connectivity index (χ0v) is 28.6. The van der Waals surface area contributed by atoms with Crippen molar-refractivity contribution in [1.29, 1.82) is 0 Å². The molecule has 9 atom stereocenters. The average Bonchev–Trinajstić information content (AvgIpc) is 3.36. The minimum absolute atomic E-state index is 0.247. The number of allylic oxidation sites excluding steroid dienone is 1. The van der Waals surface area contributed by atoms with E-state index in [-0.39, 0.29) is 5.91 Å². The molecular formula is C38H69N3O2. The number of carbonyl (C=O) groups excluding carboxylic acids is 1. The highest BCUT2D eigenvalue weighted by Crippen LogP contribution is 2.68. The third-order valence-corrected chi connectivity index (χ3v) is 13.2. The van der Waals surface area contributed by atoms with Crippen LogP contribution in [0.1, 0.15) is 137 Å². The Bertz CT molecular complexity index is 862. The van der Waals surface area contributed by atoms with Gasteiger partial charge in [0, 0.05) is 13.0 Å². The van der Waals surface area contributed by atoms with E-state index < -0.39 is 0 Å². The van der Waals surface area contributed by atoms with E-state index in [1.54, 1.807) is 0 Å². The fourth-order valence-corrected chi connectivity index (χ4v) is 10.7. The summed E-state index contributed by atoms with van der Waals surface area (Å²) in [6.45, 7) is 14.4. The summed E-state index contributed by atoms with van der Waals surface area (Å²) >= 11 is 0. The second-order valence-electron chi connectivity index (χ2n) is 15.7. The topological polar surface area (TPSA) is 76.4 Å². The predicted molar refractivity (Wildman–Crippen MR) is 181 cm³/mol. The molecule has 4 saturated carbocycles. The lowest BCUT2D eigenvalue weighted by molar-refractivity contribution is -0.135. The van der Waals surface area contributed by atoms with Crippen LogP contribution in [0.25, 0.3) is 0 Å². The lowest BCUT2D eigenvalue weighted by Gasteiger charge is -2.61. The normalized spacial score (nSPS) is 36.2. The number of hydrogen-bond donors (Lipinski definition) is 3. The molecule has 4 rings (SSSR count). The Balaban J connectivity index is 1.20. The number of ether oxygens (including phenoxy) is 1. The molecule has 4 aliphatic rings. The van der Waals surface area contributed by atoms with Gasteiger partial charge in [0.25, 0.3) is 0 Å². The molecule has 5 nitrogen and oxygen atoms in total. The maximum absolute atomic E-state index is 12.6. The van der Waals surface area contributed by atoms with Gasteiger partial charge >= 0.3 is 0 Å². The van der Waals surface area contributed by atoms with Crippen molar-refractivity contribution in [3.63, 3.8) is 0 Å². The molecule has 1 amide bonds. The molecule has 0 aromatic heterocycles. The van der Waals surface area contributed by atoms with Crippen LogP contribution in [0.4, 0.5) is 0 Å². The maximum atomic E-state index is 12.6. The Hall–Kier alpha value is -0.910. The van der Waals surface area contributed by atoms with Gasteiger partial charge in [-0.15, -0.1) is 0 Å². The van der Waals surface area contributed by atoms with E-state index >= 15 is 0 Å². The largest absolute Gasteiger partial charge is 0.374 e. The Labute approximate surface area is 265 Å². The molecule has 4 aliphatic carbocycles. The first-order valence-electron chi connectivity index (χ1n) is 18.8. The minimum Gasteiger partial charge on any atom is -0.374 e. The van der Waals surface area contributed by atoms with E-state index in [1.807, 2.05) is 0 Å². The number of nitrogens with two attached hydrogens (primary N) is 1. The number of rotatable bonds is 18. The number of nitrogens with one attached hydrogen (secondary N) is 2. The monoisotopic (exact) mass is 600 g/mol. The van der Waals surface area contributed by atoms with Crippen LogP contribution < -0.4 is 16.4 Å². The van der Waals surface area contributed by atoms with Crippen LogP contribution in [0.5, 0.6) is 0 Å². The first-order chi connectivity index (χ1) is 20.8. The molecule has 0 radical (unpaired) electrons. The third-order valence-electron chi connectivity index (χ3n) is 13.2. The molecular weight excluding hydrogens is 530 g/mol. The Morgan fingerprint density at radius 3 is 2.53 bits per heavy atom. The molecule has 0 aromatic carbocycles. The molecule has 4 fully saturated rings. The summed E-state index contributed by atoms with van der Waals surface area (Å²) in [5, 5.41) is 6.63. The van der Waals surface area contributed by atoms with Gasteiger partial charge in [-0.2, -0.15) is 0 Å². The van der Waals surface area contributed by atoms with Gasteiger partial charge in [-0.05, 0) is 156 Å². The van der Waals surface area contributed by atoms with Gasteiger partial charge < -0.3 is 21.1 Å². The predicted octanol–water partition coefficient (Wildman–Crippen LogP) is 8.03. The van der Waals surface area contributed by atoms with Crippen molar-refractivity contribution in [2.75, 3.05) is 32.8 Å². The van der Waals surface area contributed by atoms with Gasteiger partial charge in [0.2, 0.25) is 5.91 Å². The number of fused-ring (bicyclic) bond motifs is 5. The Kier molecular flexibility index (Phi) is 13.9. The van der Waals surface area contributed by atoms with Crippen molar-refractivity contribution in [3.05, 3.63) is 12.2 Å². The maximum Gasteiger partial charge on any atom is 0.220 e. The molecule has 0 aromatic rings. The summed E-state index contributed by atoms with van der Waals surface area (Å²) in [7, 11) is 0. The SMILES string of the molecule is CCCC/C=C/CO[C@H]1CC[C@@]2(C)[C@H](CC[C@@H]3[C@@H]2CC[C@]2(C)[C@@H]([C@H](C)CCC(=O)NCCCNCCCCN)CC[C@@H]32)C1. The van der Waals surface area contributed by atoms with Gasteiger partial charge in [-0.25, -0.2) is 0 Å². The number of unbranched alkanes of at least 4 members (excludes halogenated alkanes) is 3. The highest BCUT2D eigenvalue weighted by Gasteiger charge is 2.60. The smallest absolute Gasteiger partial charge is 0.220 e. The average molecular weight is 600 g/mol.